The summed E-state index contributed by atoms with van der Waals surface area (Å²) in [6, 6.07) is 10.5. The Labute approximate surface area is 131 Å². The van der Waals surface area contributed by atoms with Crippen molar-refractivity contribution in [3.8, 4) is 11.4 Å². The van der Waals surface area contributed by atoms with Crippen LogP contribution in [0.1, 0.15) is 16.4 Å². The molecule has 0 unspecified atom stereocenters. The molecule has 112 valence electrons. The molecule has 0 aliphatic carbocycles. The van der Waals surface area contributed by atoms with Crippen LogP contribution in [0.2, 0.25) is 5.02 Å². The Hall–Kier alpha value is -2.60. The van der Waals surface area contributed by atoms with E-state index < -0.39 is 5.97 Å². The van der Waals surface area contributed by atoms with Crippen molar-refractivity contribution < 1.29 is 14.1 Å². The molecule has 0 fully saturated rings. The first kappa shape index (κ1) is 14.3. The average Bonchev–Trinajstić information content (AvgIpc) is 3.14. The zero-order valence-corrected chi connectivity index (χ0v) is 12.4. The minimum Gasteiger partial charge on any atom is -0.451 e. The van der Waals surface area contributed by atoms with E-state index in [0.29, 0.717) is 16.5 Å². The molecular weight excluding hydrogens is 306 g/mol. The van der Waals surface area contributed by atoms with Crippen molar-refractivity contribution in [3.05, 3.63) is 59.2 Å². The highest BCUT2D eigenvalue weighted by molar-refractivity contribution is 6.30. The van der Waals surface area contributed by atoms with Crippen molar-refractivity contribution in [2.75, 3.05) is 0 Å². The fourth-order valence-electron chi connectivity index (χ4n) is 1.90. The van der Waals surface area contributed by atoms with Gasteiger partial charge in [-0.15, -0.1) is 0 Å². The lowest BCUT2D eigenvalue weighted by atomic mass is 10.2. The van der Waals surface area contributed by atoms with Crippen LogP contribution < -0.4 is 0 Å². The number of esters is 1. The summed E-state index contributed by atoms with van der Waals surface area (Å²) in [5, 5.41) is 4.48. The molecule has 2 heterocycles. The SMILES string of the molecule is Cn1cccc1C(=O)OCc1nc(-c2ccc(Cl)cc2)no1. The third-order valence-corrected chi connectivity index (χ3v) is 3.30. The largest absolute Gasteiger partial charge is 0.451 e. The number of aryl methyl sites for hydroxylation is 1. The Morgan fingerprint density at radius 1 is 1.32 bits per heavy atom. The van der Waals surface area contributed by atoms with Crippen molar-refractivity contribution in [3.63, 3.8) is 0 Å². The summed E-state index contributed by atoms with van der Waals surface area (Å²) in [7, 11) is 1.77. The molecule has 2 aromatic heterocycles. The van der Waals surface area contributed by atoms with Gasteiger partial charge in [-0.25, -0.2) is 4.79 Å². The van der Waals surface area contributed by atoms with Gasteiger partial charge in [-0.3, -0.25) is 0 Å². The molecule has 0 atom stereocenters. The first-order chi connectivity index (χ1) is 10.6. The second-order valence-corrected chi connectivity index (χ2v) is 5.04. The lowest BCUT2D eigenvalue weighted by Crippen LogP contribution is -2.09. The van der Waals surface area contributed by atoms with Gasteiger partial charge in [0.15, 0.2) is 6.61 Å². The fourth-order valence-corrected chi connectivity index (χ4v) is 2.03. The van der Waals surface area contributed by atoms with Crippen LogP contribution in [0.25, 0.3) is 11.4 Å². The summed E-state index contributed by atoms with van der Waals surface area (Å²) in [4.78, 5) is 16.0. The van der Waals surface area contributed by atoms with Crippen LogP contribution in [0.5, 0.6) is 0 Å². The minimum absolute atomic E-state index is 0.0788. The molecule has 7 heteroatoms. The van der Waals surface area contributed by atoms with E-state index in [1.54, 1.807) is 54.2 Å². The topological polar surface area (TPSA) is 70.2 Å². The zero-order valence-electron chi connectivity index (χ0n) is 11.7. The van der Waals surface area contributed by atoms with Crippen LogP contribution in [0, 0.1) is 0 Å². The van der Waals surface area contributed by atoms with Gasteiger partial charge in [0.05, 0.1) is 0 Å². The molecule has 0 radical (unpaired) electrons. The highest BCUT2D eigenvalue weighted by atomic mass is 35.5. The predicted octanol–water partition coefficient (Wildman–Crippen LogP) is 3.09. The summed E-state index contributed by atoms with van der Waals surface area (Å²) in [5.41, 5.74) is 1.23. The van der Waals surface area contributed by atoms with Gasteiger partial charge in [0.2, 0.25) is 5.82 Å². The van der Waals surface area contributed by atoms with Crippen LogP contribution in [0.3, 0.4) is 0 Å². The van der Waals surface area contributed by atoms with E-state index in [1.165, 1.54) is 0 Å². The maximum absolute atomic E-state index is 11.9. The van der Waals surface area contributed by atoms with E-state index in [0.717, 1.165) is 5.56 Å². The first-order valence-electron chi connectivity index (χ1n) is 6.50. The van der Waals surface area contributed by atoms with Gasteiger partial charge < -0.3 is 13.8 Å². The van der Waals surface area contributed by atoms with Gasteiger partial charge in [-0.1, -0.05) is 16.8 Å². The Morgan fingerprint density at radius 3 is 2.77 bits per heavy atom. The molecule has 3 rings (SSSR count). The van der Waals surface area contributed by atoms with E-state index in [2.05, 4.69) is 10.1 Å². The van der Waals surface area contributed by atoms with E-state index >= 15 is 0 Å². The number of carbonyl (C=O) groups is 1. The molecule has 0 spiro atoms. The summed E-state index contributed by atoms with van der Waals surface area (Å²) in [5.74, 6) is 0.202. The lowest BCUT2D eigenvalue weighted by Gasteiger charge is -2.02. The molecule has 3 aromatic rings. The second-order valence-electron chi connectivity index (χ2n) is 4.60. The Balaban J connectivity index is 1.66. The molecule has 22 heavy (non-hydrogen) atoms. The van der Waals surface area contributed by atoms with Crippen molar-refractivity contribution in [2.45, 2.75) is 6.61 Å². The summed E-state index contributed by atoms with van der Waals surface area (Å²) < 4.78 is 11.9. The van der Waals surface area contributed by atoms with Gasteiger partial charge >= 0.3 is 5.97 Å². The number of benzene rings is 1. The molecule has 0 N–H and O–H groups in total. The van der Waals surface area contributed by atoms with Crippen molar-refractivity contribution >= 4 is 17.6 Å². The molecule has 0 saturated heterocycles. The second kappa shape index (κ2) is 6.03. The molecule has 0 bridgehead atoms. The van der Waals surface area contributed by atoms with Crippen LogP contribution in [-0.2, 0) is 18.4 Å². The van der Waals surface area contributed by atoms with Gasteiger partial charge in [0.25, 0.3) is 5.89 Å². The van der Waals surface area contributed by atoms with Crippen molar-refractivity contribution in [2.24, 2.45) is 7.05 Å². The number of hydrogen-bond acceptors (Lipinski definition) is 5. The maximum Gasteiger partial charge on any atom is 0.355 e. The average molecular weight is 318 g/mol. The monoisotopic (exact) mass is 317 g/mol. The number of halogens is 1. The van der Waals surface area contributed by atoms with Crippen molar-refractivity contribution in [1.29, 1.82) is 0 Å². The van der Waals surface area contributed by atoms with Crippen LogP contribution in [0.4, 0.5) is 0 Å². The maximum atomic E-state index is 11.9. The van der Waals surface area contributed by atoms with Crippen molar-refractivity contribution in [1.82, 2.24) is 14.7 Å². The smallest absolute Gasteiger partial charge is 0.355 e. The number of ether oxygens (including phenoxy) is 1. The third-order valence-electron chi connectivity index (χ3n) is 3.05. The molecule has 0 aliphatic rings. The minimum atomic E-state index is -0.446. The summed E-state index contributed by atoms with van der Waals surface area (Å²) in [6.45, 7) is -0.0788. The van der Waals surface area contributed by atoms with E-state index in [-0.39, 0.29) is 12.5 Å². The molecule has 0 aliphatic heterocycles. The predicted molar refractivity (Wildman–Crippen MR) is 79.3 cm³/mol. The normalized spacial score (nSPS) is 10.6. The lowest BCUT2D eigenvalue weighted by molar-refractivity contribution is 0.0418. The van der Waals surface area contributed by atoms with Gasteiger partial charge in [0.1, 0.15) is 5.69 Å². The number of carbonyl (C=O) groups excluding carboxylic acids is 1. The fraction of sp³-hybridized carbons (Fsp3) is 0.133. The highest BCUT2D eigenvalue weighted by Crippen LogP contribution is 2.19. The quantitative estimate of drug-likeness (QED) is 0.692. The molecule has 6 nitrogen and oxygen atoms in total. The number of aromatic nitrogens is 3. The standard InChI is InChI=1S/C15H12ClN3O3/c1-19-8-2-3-12(19)15(20)21-9-13-17-14(18-22-13)10-4-6-11(16)7-5-10/h2-8H,9H2,1H3. The van der Waals surface area contributed by atoms with Gasteiger partial charge in [-0.2, -0.15) is 4.98 Å². The van der Waals surface area contributed by atoms with Gasteiger partial charge in [0, 0.05) is 23.8 Å². The number of nitrogens with zero attached hydrogens (tertiary/aromatic N) is 3. The number of hydrogen-bond donors (Lipinski definition) is 0. The zero-order chi connectivity index (χ0) is 15.5. The van der Waals surface area contributed by atoms with Gasteiger partial charge in [-0.05, 0) is 36.4 Å². The Kier molecular flexibility index (Phi) is 3.93. The van der Waals surface area contributed by atoms with E-state index in [1.807, 2.05) is 0 Å². The van der Waals surface area contributed by atoms with Crippen LogP contribution >= 0.6 is 11.6 Å². The van der Waals surface area contributed by atoms with Crippen LogP contribution in [-0.4, -0.2) is 20.7 Å². The summed E-state index contributed by atoms with van der Waals surface area (Å²) in [6.07, 6.45) is 1.77. The first-order valence-corrected chi connectivity index (χ1v) is 6.88. The Bertz CT molecular complexity index is 792. The molecular formula is C15H12ClN3O3. The van der Waals surface area contributed by atoms with Crippen LogP contribution in [0.15, 0.2) is 47.1 Å². The molecule has 0 amide bonds. The van der Waals surface area contributed by atoms with E-state index in [9.17, 15) is 4.79 Å². The number of rotatable bonds is 4. The Morgan fingerprint density at radius 2 is 2.09 bits per heavy atom. The van der Waals surface area contributed by atoms with E-state index in [4.69, 9.17) is 20.9 Å². The molecule has 0 saturated carbocycles. The molecule has 1 aromatic carbocycles. The third kappa shape index (κ3) is 3.01. The highest BCUT2D eigenvalue weighted by Gasteiger charge is 2.14. The summed E-state index contributed by atoms with van der Waals surface area (Å²) >= 11 is 5.83.